The minimum atomic E-state index is -5.00. The number of alkyl halides is 3. The fourth-order valence-electron chi connectivity index (χ4n) is 1.59. The lowest BCUT2D eigenvalue weighted by Crippen LogP contribution is -2.19. The molecule has 1 heterocycles. The summed E-state index contributed by atoms with van der Waals surface area (Å²) in [5.74, 6) is -1.18. The molecule has 0 atom stereocenters. The molecule has 0 aliphatic rings. The normalized spacial score (nSPS) is 12.2. The first-order valence-electron chi connectivity index (χ1n) is 5.50. The fraction of sp³-hybridized carbons (Fsp3) is 0.0833. The highest BCUT2D eigenvalue weighted by Gasteiger charge is 2.37. The average molecular weight is 320 g/mol. The average Bonchev–Trinajstić information content (AvgIpc) is 2.38. The Kier molecular flexibility index (Phi) is 3.86. The number of hydrogen-bond donors (Lipinski definition) is 1. The Balaban J connectivity index is 2.50. The molecule has 0 aliphatic heterocycles. The van der Waals surface area contributed by atoms with Crippen LogP contribution in [0.2, 0.25) is 0 Å². The molecule has 0 unspecified atom stereocenters. The molecule has 9 heteroatoms. The third-order valence-corrected chi connectivity index (χ3v) is 3.89. The van der Waals surface area contributed by atoms with E-state index in [0.717, 1.165) is 6.20 Å². The van der Waals surface area contributed by atoms with Gasteiger partial charge in [-0.1, -0.05) is 0 Å². The van der Waals surface area contributed by atoms with E-state index < -0.39 is 32.5 Å². The zero-order valence-electron chi connectivity index (χ0n) is 10.2. The third kappa shape index (κ3) is 3.48. The van der Waals surface area contributed by atoms with Gasteiger partial charge in [-0.05, 0) is 30.3 Å². The van der Waals surface area contributed by atoms with Crippen LogP contribution < -0.4 is 4.72 Å². The van der Waals surface area contributed by atoms with Crippen molar-refractivity contribution in [1.82, 2.24) is 4.98 Å². The van der Waals surface area contributed by atoms with Gasteiger partial charge in [-0.2, -0.15) is 13.2 Å². The van der Waals surface area contributed by atoms with Crippen LogP contribution in [0.15, 0.2) is 47.6 Å². The van der Waals surface area contributed by atoms with Gasteiger partial charge >= 0.3 is 6.18 Å². The number of sulfonamides is 1. The highest BCUT2D eigenvalue weighted by molar-refractivity contribution is 7.92. The molecule has 0 aliphatic carbocycles. The molecular formula is C12H8F4N2O2S. The van der Waals surface area contributed by atoms with Gasteiger partial charge < -0.3 is 0 Å². The van der Waals surface area contributed by atoms with E-state index in [1.54, 1.807) is 0 Å². The van der Waals surface area contributed by atoms with Crippen molar-refractivity contribution < 1.29 is 26.0 Å². The van der Waals surface area contributed by atoms with Crippen LogP contribution in [0.3, 0.4) is 0 Å². The number of nitrogens with zero attached hydrogens (tertiary/aromatic N) is 1. The van der Waals surface area contributed by atoms with Crippen molar-refractivity contribution in [2.75, 3.05) is 4.72 Å². The van der Waals surface area contributed by atoms with Crippen molar-refractivity contribution in [3.63, 3.8) is 0 Å². The van der Waals surface area contributed by atoms with Crippen LogP contribution in [0.4, 0.5) is 23.2 Å². The Labute approximate surface area is 117 Å². The second kappa shape index (κ2) is 5.32. The molecule has 0 fully saturated rings. The largest absolute Gasteiger partial charge is 0.417 e. The lowest BCUT2D eigenvalue weighted by Gasteiger charge is -2.14. The van der Waals surface area contributed by atoms with E-state index in [1.807, 2.05) is 4.72 Å². The summed E-state index contributed by atoms with van der Waals surface area (Å²) in [6.07, 6.45) is -2.49. The maximum absolute atomic E-state index is 13.0. The first-order valence-corrected chi connectivity index (χ1v) is 6.98. The number of aromatic nitrogens is 1. The van der Waals surface area contributed by atoms with Crippen molar-refractivity contribution in [2.24, 2.45) is 0 Å². The monoisotopic (exact) mass is 320 g/mol. The van der Waals surface area contributed by atoms with E-state index in [4.69, 9.17) is 0 Å². The predicted octanol–water partition coefficient (Wildman–Crippen LogP) is 3.04. The Morgan fingerprint density at radius 2 is 1.86 bits per heavy atom. The van der Waals surface area contributed by atoms with Gasteiger partial charge in [-0.15, -0.1) is 0 Å². The topological polar surface area (TPSA) is 59.1 Å². The van der Waals surface area contributed by atoms with Gasteiger partial charge in [0.05, 0.1) is 22.3 Å². The molecule has 0 saturated heterocycles. The van der Waals surface area contributed by atoms with Crippen LogP contribution in [-0.2, 0) is 16.2 Å². The van der Waals surface area contributed by atoms with Gasteiger partial charge in [0.15, 0.2) is 0 Å². The number of pyridine rings is 1. The maximum Gasteiger partial charge on any atom is 0.417 e. The van der Waals surface area contributed by atoms with Gasteiger partial charge in [0.2, 0.25) is 0 Å². The van der Waals surface area contributed by atoms with Crippen molar-refractivity contribution in [3.8, 4) is 0 Å². The number of benzene rings is 1. The smallest absolute Gasteiger partial charge is 0.278 e. The quantitative estimate of drug-likeness (QED) is 0.884. The van der Waals surface area contributed by atoms with E-state index in [1.165, 1.54) is 18.3 Å². The summed E-state index contributed by atoms with van der Waals surface area (Å²) in [5.41, 5.74) is -1.58. The third-order valence-electron chi connectivity index (χ3n) is 2.45. The second-order valence-electron chi connectivity index (χ2n) is 3.99. The Morgan fingerprint density at radius 1 is 1.14 bits per heavy atom. The van der Waals surface area contributed by atoms with Gasteiger partial charge in [0, 0.05) is 6.20 Å². The second-order valence-corrected chi connectivity index (χ2v) is 5.64. The summed E-state index contributed by atoms with van der Waals surface area (Å²) in [7, 11) is -4.52. The van der Waals surface area contributed by atoms with Crippen LogP contribution in [0.5, 0.6) is 0 Å². The molecule has 2 aromatic rings. The number of halogens is 4. The number of nitrogens with one attached hydrogen (secondary N) is 1. The van der Waals surface area contributed by atoms with E-state index in [-0.39, 0.29) is 11.8 Å². The highest BCUT2D eigenvalue weighted by Crippen LogP contribution is 2.35. The minimum absolute atomic E-state index is 0.00468. The molecular weight excluding hydrogens is 312 g/mol. The van der Waals surface area contributed by atoms with Crippen LogP contribution in [0, 0.1) is 5.82 Å². The Bertz CT molecular complexity index is 746. The molecule has 4 nitrogen and oxygen atoms in total. The molecule has 0 saturated carbocycles. The van der Waals surface area contributed by atoms with E-state index in [0.29, 0.717) is 12.1 Å². The Morgan fingerprint density at radius 3 is 2.43 bits per heavy atom. The van der Waals surface area contributed by atoms with Gasteiger partial charge in [0.1, 0.15) is 5.82 Å². The predicted molar refractivity (Wildman–Crippen MR) is 66.4 cm³/mol. The van der Waals surface area contributed by atoms with Gasteiger partial charge in [0.25, 0.3) is 10.0 Å². The van der Waals surface area contributed by atoms with Crippen molar-refractivity contribution in [3.05, 3.63) is 54.1 Å². The summed E-state index contributed by atoms with van der Waals surface area (Å²) in [5, 5.41) is 0. The molecule has 0 radical (unpaired) electrons. The summed E-state index contributed by atoms with van der Waals surface area (Å²) in [6, 6.07) is 4.08. The van der Waals surface area contributed by atoms with Crippen LogP contribution in [-0.4, -0.2) is 13.4 Å². The lowest BCUT2D eigenvalue weighted by atomic mass is 10.2. The first kappa shape index (κ1) is 15.2. The zero-order valence-corrected chi connectivity index (χ0v) is 11.0. The first-order chi connectivity index (χ1) is 9.70. The van der Waals surface area contributed by atoms with E-state index in [9.17, 15) is 26.0 Å². The molecule has 21 heavy (non-hydrogen) atoms. The minimum Gasteiger partial charge on any atom is -0.278 e. The number of rotatable bonds is 3. The molecule has 0 spiro atoms. The highest BCUT2D eigenvalue weighted by atomic mass is 32.2. The molecule has 1 aromatic carbocycles. The SMILES string of the molecule is O=S(=O)(Nc1cccnc1)c1ccc(F)cc1C(F)(F)F. The standard InChI is InChI=1S/C12H8F4N2O2S/c13-8-3-4-11(10(6-8)12(14,15)16)21(19,20)18-9-2-1-5-17-7-9/h1-7,18H. The van der Waals surface area contributed by atoms with Gasteiger partial charge in [-0.25, -0.2) is 12.8 Å². The molecule has 1 aromatic heterocycles. The summed E-state index contributed by atoms with van der Waals surface area (Å²) in [6.45, 7) is 0. The van der Waals surface area contributed by atoms with Crippen LogP contribution in [0.1, 0.15) is 5.56 Å². The van der Waals surface area contributed by atoms with Crippen LogP contribution >= 0.6 is 0 Å². The molecule has 0 bridgehead atoms. The molecule has 2 rings (SSSR count). The number of anilines is 1. The molecule has 1 N–H and O–H groups in total. The van der Waals surface area contributed by atoms with E-state index in [2.05, 4.69) is 4.98 Å². The van der Waals surface area contributed by atoms with Crippen molar-refractivity contribution in [1.29, 1.82) is 0 Å². The summed E-state index contributed by atoms with van der Waals surface area (Å²) >= 11 is 0. The van der Waals surface area contributed by atoms with Crippen molar-refractivity contribution in [2.45, 2.75) is 11.1 Å². The zero-order chi connectivity index (χ0) is 15.7. The summed E-state index contributed by atoms with van der Waals surface area (Å²) in [4.78, 5) is 2.58. The molecule has 112 valence electrons. The summed E-state index contributed by atoms with van der Waals surface area (Å²) < 4.78 is 77.4. The maximum atomic E-state index is 13.0. The number of hydrogen-bond acceptors (Lipinski definition) is 3. The lowest BCUT2D eigenvalue weighted by molar-refractivity contribution is -0.140. The fourth-order valence-corrected chi connectivity index (χ4v) is 2.84. The van der Waals surface area contributed by atoms with Crippen LogP contribution in [0.25, 0.3) is 0 Å². The van der Waals surface area contributed by atoms with Crippen molar-refractivity contribution >= 4 is 15.7 Å². The Hall–Kier alpha value is -2.16. The van der Waals surface area contributed by atoms with E-state index >= 15 is 0 Å². The molecule has 0 amide bonds. The van der Waals surface area contributed by atoms with Gasteiger partial charge in [-0.3, -0.25) is 9.71 Å².